The summed E-state index contributed by atoms with van der Waals surface area (Å²) in [6.45, 7) is 10.9. The minimum absolute atomic E-state index is 0.283. The molecule has 0 unspecified atom stereocenters. The first kappa shape index (κ1) is 23.9. The number of rotatable bonds is 6. The fourth-order valence-corrected chi connectivity index (χ4v) is 4.24. The zero-order valence-corrected chi connectivity index (χ0v) is 20.2. The van der Waals surface area contributed by atoms with E-state index in [4.69, 9.17) is 21.1 Å². The molecule has 1 fully saturated rings. The molecule has 172 valence electrons. The maximum absolute atomic E-state index is 6.39. The molecule has 4 N–H and O–H groups in total. The van der Waals surface area contributed by atoms with Gasteiger partial charge in [-0.15, -0.1) is 11.3 Å². The maximum Gasteiger partial charge on any atom is 0.230 e. The molecule has 0 radical (unpaired) electrons. The van der Waals surface area contributed by atoms with Crippen molar-refractivity contribution in [2.45, 2.75) is 59.0 Å². The Balaban J connectivity index is 0.000000523. The number of nitrogens with two attached hydrogens (primary N) is 1. The van der Waals surface area contributed by atoms with Gasteiger partial charge in [0.05, 0.1) is 6.20 Å². The summed E-state index contributed by atoms with van der Waals surface area (Å²) >= 11 is 1.76. The second kappa shape index (κ2) is 11.2. The van der Waals surface area contributed by atoms with Gasteiger partial charge in [0.1, 0.15) is 0 Å². The van der Waals surface area contributed by atoms with Crippen LogP contribution in [0.15, 0.2) is 29.8 Å². The topological polar surface area (TPSA) is 108 Å². The summed E-state index contributed by atoms with van der Waals surface area (Å²) < 4.78 is 1.83. The molecule has 3 aromatic rings. The average molecular weight is 455 g/mol. The molecule has 32 heavy (non-hydrogen) atoms. The van der Waals surface area contributed by atoms with Crippen molar-refractivity contribution in [3.05, 3.63) is 45.8 Å². The lowest BCUT2D eigenvalue weighted by Crippen LogP contribution is -2.40. The van der Waals surface area contributed by atoms with Crippen LogP contribution in [0.2, 0.25) is 0 Å². The highest BCUT2D eigenvalue weighted by atomic mass is 32.1. The van der Waals surface area contributed by atoms with Crippen molar-refractivity contribution in [1.29, 1.82) is 5.41 Å². The van der Waals surface area contributed by atoms with E-state index >= 15 is 0 Å². The van der Waals surface area contributed by atoms with Crippen LogP contribution in [-0.2, 0) is 6.54 Å². The number of nitrogens with one attached hydrogen (secondary N) is 2. The molecule has 1 aliphatic rings. The zero-order chi connectivity index (χ0) is 23.1. The monoisotopic (exact) mass is 454 g/mol. The molecule has 0 bridgehead atoms. The van der Waals surface area contributed by atoms with E-state index in [0.29, 0.717) is 5.92 Å². The van der Waals surface area contributed by atoms with E-state index in [1.54, 1.807) is 17.4 Å². The highest BCUT2D eigenvalue weighted by molar-refractivity contribution is 7.10. The molecule has 1 saturated heterocycles. The molecule has 4 rings (SSSR count). The van der Waals surface area contributed by atoms with Crippen molar-refractivity contribution in [3.63, 3.8) is 0 Å². The Kier molecular flexibility index (Phi) is 8.35. The Labute approximate surface area is 194 Å². The number of aryl methyl sites for hydroxylation is 1. The van der Waals surface area contributed by atoms with Gasteiger partial charge in [0.2, 0.25) is 11.9 Å². The molecule has 9 heteroatoms. The Morgan fingerprint density at radius 1 is 1.31 bits per heavy atom. The van der Waals surface area contributed by atoms with Crippen molar-refractivity contribution in [2.75, 3.05) is 23.3 Å². The van der Waals surface area contributed by atoms with Crippen molar-refractivity contribution >= 4 is 35.1 Å². The summed E-state index contributed by atoms with van der Waals surface area (Å²) in [4.78, 5) is 13.2. The SMILES string of the molecule is C/C=C\C=N.Cc1sccc1CNc1nc(N2CCC(N)CC2)nc2c(C(C)C)cnn12. The molecule has 0 aromatic carbocycles. The van der Waals surface area contributed by atoms with Gasteiger partial charge in [-0.2, -0.15) is 19.6 Å². The first-order valence-electron chi connectivity index (χ1n) is 11.1. The van der Waals surface area contributed by atoms with E-state index in [2.05, 4.69) is 47.5 Å². The smallest absolute Gasteiger partial charge is 0.230 e. The van der Waals surface area contributed by atoms with Crippen LogP contribution >= 0.6 is 11.3 Å². The fraction of sp³-hybridized carbons (Fsp3) is 0.478. The molecule has 3 aromatic heterocycles. The van der Waals surface area contributed by atoms with Crippen molar-refractivity contribution in [3.8, 4) is 0 Å². The van der Waals surface area contributed by atoms with Crippen LogP contribution in [0.1, 0.15) is 55.5 Å². The van der Waals surface area contributed by atoms with Gasteiger partial charge in [0, 0.05) is 42.3 Å². The van der Waals surface area contributed by atoms with Gasteiger partial charge in [-0.05, 0) is 55.7 Å². The van der Waals surface area contributed by atoms with Crippen LogP contribution in [0, 0.1) is 12.3 Å². The molecule has 4 heterocycles. The molecule has 0 spiro atoms. The normalized spacial score (nSPS) is 14.8. The number of hydrogen-bond acceptors (Lipinski definition) is 8. The molecular weight excluding hydrogens is 420 g/mol. The van der Waals surface area contributed by atoms with Crippen LogP contribution in [-0.4, -0.2) is 44.9 Å². The summed E-state index contributed by atoms with van der Waals surface area (Å²) in [6.07, 6.45) is 8.59. The minimum Gasteiger partial charge on any atom is -0.350 e. The van der Waals surface area contributed by atoms with Gasteiger partial charge in [0.25, 0.3) is 0 Å². The van der Waals surface area contributed by atoms with Crippen LogP contribution in [0.4, 0.5) is 11.9 Å². The molecule has 0 saturated carbocycles. The van der Waals surface area contributed by atoms with Crippen LogP contribution < -0.4 is 16.0 Å². The highest BCUT2D eigenvalue weighted by Crippen LogP contribution is 2.25. The standard InChI is InChI=1S/C19H27N7S.C4H7N/c1-12(2)16-11-22-26-17(16)23-19(25-7-4-15(20)5-8-25)24-18(26)21-10-14-6-9-27-13(14)3;1-2-3-4-5/h6,9,11-12,15H,4-5,7-8,10,20H2,1-3H3,(H,21,23,24);2-5H,1H3/b;3-2-,5-4?. The van der Waals surface area contributed by atoms with E-state index in [0.717, 1.165) is 55.6 Å². The summed E-state index contributed by atoms with van der Waals surface area (Å²) in [6, 6.07) is 2.44. The number of nitrogens with zero attached hydrogens (tertiary/aromatic N) is 5. The first-order valence-corrected chi connectivity index (χ1v) is 12.0. The Morgan fingerprint density at radius 2 is 2.06 bits per heavy atom. The Morgan fingerprint density at radius 3 is 2.62 bits per heavy atom. The predicted molar refractivity (Wildman–Crippen MR) is 134 cm³/mol. The molecule has 0 amide bonds. The van der Waals surface area contributed by atoms with Gasteiger partial charge < -0.3 is 21.4 Å². The minimum atomic E-state index is 0.283. The highest BCUT2D eigenvalue weighted by Gasteiger charge is 2.22. The molecule has 1 aliphatic heterocycles. The lowest BCUT2D eigenvalue weighted by molar-refractivity contribution is 0.495. The number of aromatic nitrogens is 4. The second-order valence-electron chi connectivity index (χ2n) is 8.21. The van der Waals surface area contributed by atoms with E-state index in [-0.39, 0.29) is 6.04 Å². The Hall–Kier alpha value is -2.78. The first-order chi connectivity index (χ1) is 15.4. The van der Waals surface area contributed by atoms with E-state index < -0.39 is 0 Å². The average Bonchev–Trinajstić information content (AvgIpc) is 3.39. The fourth-order valence-electron chi connectivity index (χ4n) is 3.51. The molecular formula is C23H34N8S. The van der Waals surface area contributed by atoms with Crippen molar-refractivity contribution in [2.24, 2.45) is 5.73 Å². The quantitative estimate of drug-likeness (QED) is 0.477. The number of fused-ring (bicyclic) bond motifs is 1. The van der Waals surface area contributed by atoms with Crippen LogP contribution in [0.5, 0.6) is 0 Å². The zero-order valence-electron chi connectivity index (χ0n) is 19.4. The summed E-state index contributed by atoms with van der Waals surface area (Å²) in [7, 11) is 0. The third kappa shape index (κ3) is 5.72. The molecule has 0 aliphatic carbocycles. The van der Waals surface area contributed by atoms with Gasteiger partial charge in [-0.25, -0.2) is 0 Å². The summed E-state index contributed by atoms with van der Waals surface area (Å²) in [5.41, 5.74) is 9.38. The Bertz CT molecular complexity index is 1040. The predicted octanol–water partition coefficient (Wildman–Crippen LogP) is 4.37. The summed E-state index contributed by atoms with van der Waals surface area (Å²) in [5, 5.41) is 16.5. The molecule has 0 atom stereocenters. The number of piperidine rings is 1. The van der Waals surface area contributed by atoms with Crippen LogP contribution in [0.3, 0.4) is 0 Å². The summed E-state index contributed by atoms with van der Waals surface area (Å²) in [5.74, 6) is 1.86. The van der Waals surface area contributed by atoms with Crippen molar-refractivity contribution in [1.82, 2.24) is 19.6 Å². The van der Waals surface area contributed by atoms with E-state index in [1.165, 1.54) is 16.7 Å². The second-order valence-corrected chi connectivity index (χ2v) is 9.33. The lowest BCUT2D eigenvalue weighted by atomic mass is 10.1. The van der Waals surface area contributed by atoms with Crippen LogP contribution in [0.25, 0.3) is 5.65 Å². The van der Waals surface area contributed by atoms with Crippen molar-refractivity contribution < 1.29 is 0 Å². The van der Waals surface area contributed by atoms with Gasteiger partial charge in [0.15, 0.2) is 5.65 Å². The third-order valence-corrected chi connectivity index (χ3v) is 6.41. The third-order valence-electron chi connectivity index (χ3n) is 5.52. The van der Waals surface area contributed by atoms with Gasteiger partial charge in [-0.1, -0.05) is 19.9 Å². The molecule has 8 nitrogen and oxygen atoms in total. The van der Waals surface area contributed by atoms with E-state index in [9.17, 15) is 0 Å². The number of allylic oxidation sites excluding steroid dienone is 2. The van der Waals surface area contributed by atoms with Gasteiger partial charge in [-0.3, -0.25) is 0 Å². The maximum atomic E-state index is 6.39. The number of anilines is 2. The van der Waals surface area contributed by atoms with Gasteiger partial charge >= 0.3 is 0 Å². The number of hydrogen-bond donors (Lipinski definition) is 3. The van der Waals surface area contributed by atoms with E-state index in [1.807, 2.05) is 23.7 Å². The number of thiophene rings is 1. The largest absolute Gasteiger partial charge is 0.350 e. The lowest BCUT2D eigenvalue weighted by Gasteiger charge is -2.30.